The molecule has 0 spiro atoms. The summed E-state index contributed by atoms with van der Waals surface area (Å²) < 4.78 is 0. The van der Waals surface area contributed by atoms with Gasteiger partial charge < -0.3 is 5.32 Å². The summed E-state index contributed by atoms with van der Waals surface area (Å²) >= 11 is 6.26. The Balaban J connectivity index is 1.99. The van der Waals surface area contributed by atoms with Gasteiger partial charge in [0.15, 0.2) is 5.78 Å². The van der Waals surface area contributed by atoms with Crippen molar-refractivity contribution in [1.82, 2.24) is 0 Å². The van der Waals surface area contributed by atoms with E-state index in [-0.39, 0.29) is 5.78 Å². The second kappa shape index (κ2) is 12.9. The molecule has 2 aromatic carbocycles. The first-order valence-electron chi connectivity index (χ1n) is 10.6. The molecule has 0 aliphatic carbocycles. The van der Waals surface area contributed by atoms with E-state index >= 15 is 0 Å². The summed E-state index contributed by atoms with van der Waals surface area (Å²) in [6.07, 6.45) is 8.27. The molecule has 2 aromatic rings. The number of rotatable bonds is 12. The number of carbonyl (C=O) groups excluding carboxylic acids is 2. The fourth-order valence-electron chi connectivity index (χ4n) is 3.07. The topological polar surface area (TPSA) is 70.9 Å². The maximum Gasteiger partial charge on any atom is 0.258 e. The number of aryl methyl sites for hydroxylation is 1. The van der Waals surface area contributed by atoms with E-state index in [4.69, 9.17) is 11.6 Å². The standard InChI is InChI=1S/C24H30ClN3O2/c1-3-4-5-6-7-9-12-19-15-16-21(25)22(17-19)26-24(30)23(18(2)29)28-27-20-13-10-8-11-14-20/h8,10-11,13-17,23H,3-7,9,12H2,1-2H3,(H,26,30). The van der Waals surface area contributed by atoms with Gasteiger partial charge in [-0.2, -0.15) is 10.2 Å². The Kier molecular flexibility index (Phi) is 10.2. The van der Waals surface area contributed by atoms with Crippen LogP contribution >= 0.6 is 11.6 Å². The summed E-state index contributed by atoms with van der Waals surface area (Å²) in [6, 6.07) is 13.4. The molecule has 5 nitrogen and oxygen atoms in total. The lowest BCUT2D eigenvalue weighted by atomic mass is 10.0. The normalized spacial score (nSPS) is 12.1. The Morgan fingerprint density at radius 1 is 1.00 bits per heavy atom. The summed E-state index contributed by atoms with van der Waals surface area (Å²) in [5.74, 6) is -0.924. The number of amides is 1. The van der Waals surface area contributed by atoms with Crippen molar-refractivity contribution in [3.8, 4) is 0 Å². The molecule has 1 N–H and O–H groups in total. The fourth-order valence-corrected chi connectivity index (χ4v) is 3.24. The van der Waals surface area contributed by atoms with Crippen LogP contribution in [-0.4, -0.2) is 17.7 Å². The lowest BCUT2D eigenvalue weighted by Crippen LogP contribution is -2.32. The van der Waals surface area contributed by atoms with E-state index in [0.29, 0.717) is 16.4 Å². The van der Waals surface area contributed by atoms with Crippen molar-refractivity contribution < 1.29 is 9.59 Å². The molecular formula is C24H30ClN3O2. The number of benzene rings is 2. The van der Waals surface area contributed by atoms with Gasteiger partial charge in [-0.3, -0.25) is 9.59 Å². The van der Waals surface area contributed by atoms with Gasteiger partial charge in [-0.1, -0.05) is 74.9 Å². The minimum absolute atomic E-state index is 0.383. The Morgan fingerprint density at radius 3 is 2.40 bits per heavy atom. The summed E-state index contributed by atoms with van der Waals surface area (Å²) in [7, 11) is 0. The van der Waals surface area contributed by atoms with Gasteiger partial charge >= 0.3 is 0 Å². The molecule has 0 aliphatic heterocycles. The Morgan fingerprint density at radius 2 is 1.70 bits per heavy atom. The number of ketones is 1. The van der Waals surface area contributed by atoms with E-state index in [1.165, 1.54) is 39.0 Å². The molecule has 0 aromatic heterocycles. The number of azo groups is 1. The quantitative estimate of drug-likeness (QED) is 0.227. The maximum absolute atomic E-state index is 12.7. The first-order chi connectivity index (χ1) is 14.5. The number of nitrogens with one attached hydrogen (secondary N) is 1. The second-order valence-electron chi connectivity index (χ2n) is 7.39. The Hall–Kier alpha value is -2.53. The summed E-state index contributed by atoms with van der Waals surface area (Å²) in [5, 5.41) is 11.1. The smallest absolute Gasteiger partial charge is 0.258 e. The number of hydrogen-bond acceptors (Lipinski definition) is 4. The van der Waals surface area contributed by atoms with Crippen LogP contribution in [0.4, 0.5) is 11.4 Å². The highest BCUT2D eigenvalue weighted by Crippen LogP contribution is 2.25. The van der Waals surface area contributed by atoms with Crippen molar-refractivity contribution in [3.63, 3.8) is 0 Å². The molecule has 1 unspecified atom stereocenters. The number of hydrogen-bond donors (Lipinski definition) is 1. The van der Waals surface area contributed by atoms with Gasteiger partial charge in [0.05, 0.1) is 16.4 Å². The molecule has 0 heterocycles. The molecule has 6 heteroatoms. The van der Waals surface area contributed by atoms with Crippen molar-refractivity contribution in [1.29, 1.82) is 0 Å². The van der Waals surface area contributed by atoms with E-state index in [1.54, 1.807) is 18.2 Å². The van der Waals surface area contributed by atoms with Gasteiger partial charge in [0.2, 0.25) is 6.04 Å². The van der Waals surface area contributed by atoms with Crippen LogP contribution in [0.15, 0.2) is 58.8 Å². The van der Waals surface area contributed by atoms with Crippen molar-refractivity contribution in [2.45, 2.75) is 64.8 Å². The van der Waals surface area contributed by atoms with E-state index < -0.39 is 11.9 Å². The molecule has 0 fully saturated rings. The predicted molar refractivity (Wildman–Crippen MR) is 123 cm³/mol. The van der Waals surface area contributed by atoms with Gasteiger partial charge in [-0.15, -0.1) is 0 Å². The Labute approximate surface area is 183 Å². The van der Waals surface area contributed by atoms with Crippen LogP contribution in [0.1, 0.15) is 57.9 Å². The average molecular weight is 428 g/mol. The lowest BCUT2D eigenvalue weighted by Gasteiger charge is -2.12. The van der Waals surface area contributed by atoms with Crippen molar-refractivity contribution in [2.24, 2.45) is 10.2 Å². The number of carbonyl (C=O) groups is 2. The van der Waals surface area contributed by atoms with Crippen molar-refractivity contribution in [2.75, 3.05) is 5.32 Å². The highest BCUT2D eigenvalue weighted by atomic mass is 35.5. The van der Waals surface area contributed by atoms with E-state index in [9.17, 15) is 9.59 Å². The molecule has 1 amide bonds. The van der Waals surface area contributed by atoms with E-state index in [0.717, 1.165) is 18.4 Å². The van der Waals surface area contributed by atoms with Crippen molar-refractivity contribution in [3.05, 3.63) is 59.1 Å². The third-order valence-corrected chi connectivity index (χ3v) is 5.12. The molecule has 30 heavy (non-hydrogen) atoms. The van der Waals surface area contributed by atoms with Gasteiger partial charge in [0.1, 0.15) is 0 Å². The molecule has 0 radical (unpaired) electrons. The van der Waals surface area contributed by atoms with Crippen LogP contribution in [0.5, 0.6) is 0 Å². The van der Waals surface area contributed by atoms with Gasteiger partial charge in [0, 0.05) is 0 Å². The largest absolute Gasteiger partial charge is 0.322 e. The van der Waals surface area contributed by atoms with Crippen LogP contribution in [0, 0.1) is 0 Å². The SMILES string of the molecule is CCCCCCCCc1ccc(Cl)c(NC(=O)C(N=Nc2ccccc2)C(C)=O)c1. The molecule has 2 rings (SSSR count). The molecule has 160 valence electrons. The minimum atomic E-state index is -1.22. The third-order valence-electron chi connectivity index (χ3n) is 4.79. The molecule has 0 bridgehead atoms. The fraction of sp³-hybridized carbons (Fsp3) is 0.417. The monoisotopic (exact) mass is 427 g/mol. The number of nitrogens with zero attached hydrogens (tertiary/aromatic N) is 2. The molecular weight excluding hydrogens is 398 g/mol. The molecule has 1 atom stereocenters. The maximum atomic E-state index is 12.7. The summed E-state index contributed by atoms with van der Waals surface area (Å²) in [5.41, 5.74) is 2.18. The third kappa shape index (κ3) is 8.07. The lowest BCUT2D eigenvalue weighted by molar-refractivity contribution is -0.126. The van der Waals surface area contributed by atoms with Crippen LogP contribution in [0.25, 0.3) is 0 Å². The predicted octanol–water partition coefficient (Wildman–Crippen LogP) is 6.92. The minimum Gasteiger partial charge on any atom is -0.322 e. The zero-order valence-corrected chi connectivity index (χ0v) is 18.5. The van der Waals surface area contributed by atoms with Crippen LogP contribution < -0.4 is 5.32 Å². The second-order valence-corrected chi connectivity index (χ2v) is 7.79. The number of halogens is 1. The number of unbranched alkanes of at least 4 members (excludes halogenated alkanes) is 5. The van der Waals surface area contributed by atoms with E-state index in [2.05, 4.69) is 22.5 Å². The molecule has 0 aliphatic rings. The highest BCUT2D eigenvalue weighted by molar-refractivity contribution is 6.34. The first-order valence-corrected chi connectivity index (χ1v) is 10.9. The van der Waals surface area contributed by atoms with Gasteiger partial charge in [-0.05, 0) is 49.6 Å². The van der Waals surface area contributed by atoms with Crippen LogP contribution in [0.2, 0.25) is 5.02 Å². The van der Waals surface area contributed by atoms with Gasteiger partial charge in [-0.25, -0.2) is 0 Å². The van der Waals surface area contributed by atoms with Crippen LogP contribution in [0.3, 0.4) is 0 Å². The number of anilines is 1. The van der Waals surface area contributed by atoms with E-state index in [1.807, 2.05) is 30.3 Å². The molecule has 0 saturated carbocycles. The zero-order valence-electron chi connectivity index (χ0n) is 17.7. The van der Waals surface area contributed by atoms with Gasteiger partial charge in [0.25, 0.3) is 5.91 Å². The van der Waals surface area contributed by atoms with Crippen LogP contribution in [-0.2, 0) is 16.0 Å². The molecule has 0 saturated heterocycles. The Bertz CT molecular complexity index is 853. The summed E-state index contributed by atoms with van der Waals surface area (Å²) in [6.45, 7) is 3.54. The highest BCUT2D eigenvalue weighted by Gasteiger charge is 2.24. The average Bonchev–Trinajstić information content (AvgIpc) is 2.73. The summed E-state index contributed by atoms with van der Waals surface area (Å²) in [4.78, 5) is 24.6. The number of Topliss-reactive ketones (excluding diaryl/α,β-unsaturated/α-hetero) is 1. The van der Waals surface area contributed by atoms with Crippen molar-refractivity contribution >= 4 is 34.7 Å². The first kappa shape index (κ1) is 23.7. The zero-order chi connectivity index (χ0) is 21.8.